The fourth-order valence-corrected chi connectivity index (χ4v) is 10.5. The number of cyclic esters (lactones) is 1. The van der Waals surface area contributed by atoms with Crippen molar-refractivity contribution in [1.82, 2.24) is 25.1 Å². The molecule has 3 aliphatic heterocycles. The number of carboxylic acid groups (broad SMARTS) is 1. The van der Waals surface area contributed by atoms with Gasteiger partial charge in [0.15, 0.2) is 17.5 Å². The molecule has 0 saturated carbocycles. The maximum atomic E-state index is 14.1. The Labute approximate surface area is 519 Å². The average molecular weight is 1260 g/mol. The molecule has 4 amide bonds. The van der Waals surface area contributed by atoms with Gasteiger partial charge in [-0.1, -0.05) is 52.0 Å². The number of fused-ring (bicyclic) bond motifs is 5. The zero-order valence-electron chi connectivity index (χ0n) is 51.6. The highest BCUT2D eigenvalue weighted by Gasteiger charge is 2.49. The lowest BCUT2D eigenvalue weighted by molar-refractivity contribution is -0.271. The first kappa shape index (κ1) is 70.0. The number of aromatic nitrogens is 2. The number of hydrogen-bond donors (Lipinski definition) is 9. The number of carboxylic acids is 1. The Kier molecular flexibility index (Phi) is 24.9. The van der Waals surface area contributed by atoms with Gasteiger partial charge in [-0.05, 0) is 74.9 Å². The number of hydrogen-bond acceptors (Lipinski definition) is 22. The van der Waals surface area contributed by atoms with Crippen molar-refractivity contribution in [3.63, 3.8) is 0 Å². The molecule has 2 aromatic carbocycles. The van der Waals surface area contributed by atoms with Gasteiger partial charge < -0.3 is 94.6 Å². The summed E-state index contributed by atoms with van der Waals surface area (Å²) in [5.41, 5.74) is 6.67. The largest absolute Gasteiger partial charge is 0.479 e. The highest BCUT2D eigenvalue weighted by atomic mass is 16.7. The minimum absolute atomic E-state index is 0.0235. The van der Waals surface area contributed by atoms with Gasteiger partial charge in [0.1, 0.15) is 37.3 Å². The van der Waals surface area contributed by atoms with E-state index in [2.05, 4.69) is 16.0 Å². The second-order valence-electron chi connectivity index (χ2n) is 22.9. The van der Waals surface area contributed by atoms with Gasteiger partial charge in [-0.15, -0.1) is 0 Å². The molecule has 9 atom stereocenters. The van der Waals surface area contributed by atoms with Gasteiger partial charge in [-0.25, -0.2) is 19.4 Å². The van der Waals surface area contributed by atoms with Gasteiger partial charge in [-0.3, -0.25) is 24.0 Å². The van der Waals surface area contributed by atoms with E-state index in [1.165, 1.54) is 30.0 Å². The third-order valence-corrected chi connectivity index (χ3v) is 15.7. The smallest absolute Gasteiger partial charge is 0.410 e. The number of rotatable bonds is 33. The van der Waals surface area contributed by atoms with Crippen LogP contribution in [-0.2, 0) is 93.7 Å². The Morgan fingerprint density at radius 1 is 0.844 bits per heavy atom. The van der Waals surface area contributed by atoms with Gasteiger partial charge in [0.05, 0.1) is 99.6 Å². The minimum atomic E-state index is -2.05. The van der Waals surface area contributed by atoms with Crippen LogP contribution >= 0.6 is 0 Å². The number of aliphatic hydroxyl groups is 4. The van der Waals surface area contributed by atoms with Crippen molar-refractivity contribution in [2.45, 2.75) is 148 Å². The fraction of sp³-hybridized carbons (Fsp3) is 0.565. The summed E-state index contributed by atoms with van der Waals surface area (Å²) < 4.78 is 45.9. The molecule has 1 saturated heterocycles. The Bertz CT molecular complexity index is 3280. The molecule has 10 N–H and O–H groups in total. The number of carbonyl (C=O) groups is 7. The van der Waals surface area contributed by atoms with Gasteiger partial charge >= 0.3 is 18.0 Å². The molecule has 7 rings (SSSR count). The number of aliphatic carboxylic acids is 1. The predicted octanol–water partition coefficient (Wildman–Crippen LogP) is 1.53. The lowest BCUT2D eigenvalue weighted by Gasteiger charge is -2.38. The number of ketones is 1. The molecule has 2 aromatic heterocycles. The molecule has 0 bridgehead atoms. The minimum Gasteiger partial charge on any atom is -0.479 e. The molecule has 3 aliphatic rings. The molecule has 1 fully saturated rings. The fourth-order valence-electron chi connectivity index (χ4n) is 10.5. The van der Waals surface area contributed by atoms with E-state index in [0.717, 1.165) is 16.5 Å². The molecular weight excluding hydrogens is 1180 g/mol. The number of nitrogens with one attached hydrogen (secondary N) is 3. The van der Waals surface area contributed by atoms with Crippen LogP contribution in [0.15, 0.2) is 53.3 Å². The number of carbonyl (C=O) groups excluding carboxylic acids is 6. The summed E-state index contributed by atoms with van der Waals surface area (Å²) in [6.07, 6.45) is -10.9. The van der Waals surface area contributed by atoms with E-state index in [-0.39, 0.29) is 105 Å². The van der Waals surface area contributed by atoms with Crippen LogP contribution in [0.1, 0.15) is 95.5 Å². The van der Waals surface area contributed by atoms with E-state index in [4.69, 9.17) is 48.6 Å². The lowest BCUT2D eigenvalue weighted by atomic mass is 9.86. The SMILES string of the molecule is CC[C@@]1(O)C(=O)OCc2c1cc1n(c2=O)Cc2c-1nc1ccccc1c2CCN(C(=O)OCc1ccc(NC(=O)[C@H](C)CC(=O)[C@@H](NC(=O)CCOCCOCCOCCOCCNC(=O)[C@H](C)N)C(C)C)c(O[C@@H]2O[C@H](C(=O)O)[C@@H](O)[C@H](O)[C@H]2O)c1)C(C)C. The standard InChI is InChI=1S/C62H83N7O21/c1-8-62(82)42-29-45-50-40(30-69(45)57(77)41(42)32-87-60(62)80)38(39-11-9-10-12-43(39)65-50)15-18-68(34(4)5)61(81)88-31-37-13-14-44(47(28-37)89-59-53(74)51(72)52(73)54(90-59)58(78)79)66-55(75)35(6)27-46(70)49(33(2)3)67-48(71)16-19-83-21-23-85-25-26-86-24-22-84-20-17-64-56(76)36(7)63/h9-14,28-29,33-36,49,51-54,59,72-74,82H,8,15-27,30-32,63H2,1-7H3,(H,64,76)(H,66,75)(H,67,71)(H,78,79)/t35-,36+,49+,51+,52+,53-,54+,59-,62+/m1/s1. The molecular formula is C62H83N7O21. The number of para-hydroxylation sites is 1. The van der Waals surface area contributed by atoms with Crippen molar-refractivity contribution in [3.05, 3.63) is 86.7 Å². The van der Waals surface area contributed by atoms with Gasteiger partial charge in [-0.2, -0.15) is 0 Å². The number of benzene rings is 2. The van der Waals surface area contributed by atoms with Crippen LogP contribution in [0.3, 0.4) is 0 Å². The summed E-state index contributed by atoms with van der Waals surface area (Å²) in [7, 11) is 0. The Hall–Kier alpha value is -7.51. The number of amides is 4. The molecule has 0 radical (unpaired) electrons. The molecule has 0 aliphatic carbocycles. The number of esters is 1. The number of Topliss-reactive ketones (excluding diaryl/α,β-unsaturated/α-hetero) is 1. The van der Waals surface area contributed by atoms with Crippen LogP contribution in [0.2, 0.25) is 0 Å². The van der Waals surface area contributed by atoms with Crippen molar-refractivity contribution in [1.29, 1.82) is 0 Å². The van der Waals surface area contributed by atoms with Crippen molar-refractivity contribution in [3.8, 4) is 17.1 Å². The quantitative estimate of drug-likeness (QED) is 0.0212. The van der Waals surface area contributed by atoms with Crippen LogP contribution < -0.4 is 32.0 Å². The monoisotopic (exact) mass is 1260 g/mol. The first-order chi connectivity index (χ1) is 42.9. The number of nitrogens with zero attached hydrogens (tertiary/aromatic N) is 3. The van der Waals surface area contributed by atoms with Crippen molar-refractivity contribution in [2.24, 2.45) is 17.6 Å². The molecule has 0 unspecified atom stereocenters. The van der Waals surface area contributed by atoms with Gasteiger partial charge in [0.2, 0.25) is 24.0 Å². The van der Waals surface area contributed by atoms with E-state index in [1.54, 1.807) is 52.2 Å². The van der Waals surface area contributed by atoms with Crippen LogP contribution in [-0.4, -0.2) is 196 Å². The first-order valence-electron chi connectivity index (χ1n) is 30.1. The molecule has 492 valence electrons. The van der Waals surface area contributed by atoms with Crippen LogP contribution in [0.4, 0.5) is 10.5 Å². The average Bonchev–Trinajstić information content (AvgIpc) is 1.50. The highest BCUT2D eigenvalue weighted by molar-refractivity contribution is 5.98. The van der Waals surface area contributed by atoms with E-state index in [1.807, 2.05) is 24.3 Å². The number of ether oxygens (including phenoxy) is 8. The van der Waals surface area contributed by atoms with E-state index >= 15 is 0 Å². The number of nitrogens with two attached hydrogens (primary N) is 1. The summed E-state index contributed by atoms with van der Waals surface area (Å²) in [4.78, 5) is 112. The Morgan fingerprint density at radius 3 is 2.16 bits per heavy atom. The van der Waals surface area contributed by atoms with Crippen LogP contribution in [0.5, 0.6) is 5.75 Å². The third-order valence-electron chi connectivity index (χ3n) is 15.7. The van der Waals surface area contributed by atoms with Gasteiger partial charge in [0.25, 0.3) is 5.56 Å². The number of aliphatic hydroxyl groups excluding tert-OH is 3. The molecule has 90 heavy (non-hydrogen) atoms. The lowest BCUT2D eigenvalue weighted by Crippen LogP contribution is -2.61. The maximum Gasteiger partial charge on any atom is 0.410 e. The molecule has 4 aromatic rings. The normalized spacial score (nSPS) is 20.3. The summed E-state index contributed by atoms with van der Waals surface area (Å²) in [6, 6.07) is 11.3. The van der Waals surface area contributed by atoms with E-state index in [9.17, 15) is 63.9 Å². The number of pyridine rings is 2. The predicted molar refractivity (Wildman–Crippen MR) is 320 cm³/mol. The number of anilines is 1. The van der Waals surface area contributed by atoms with Crippen molar-refractivity contribution >= 4 is 58.1 Å². The highest BCUT2D eigenvalue weighted by Crippen LogP contribution is 2.41. The molecule has 0 spiro atoms. The Morgan fingerprint density at radius 2 is 1.51 bits per heavy atom. The van der Waals surface area contributed by atoms with Crippen molar-refractivity contribution in [2.75, 3.05) is 71.3 Å². The summed E-state index contributed by atoms with van der Waals surface area (Å²) >= 11 is 0. The maximum absolute atomic E-state index is 14.1. The van der Waals surface area contributed by atoms with Crippen LogP contribution in [0.25, 0.3) is 22.3 Å². The van der Waals surface area contributed by atoms with Gasteiger partial charge in [0, 0.05) is 54.4 Å². The van der Waals surface area contributed by atoms with E-state index in [0.29, 0.717) is 56.5 Å². The van der Waals surface area contributed by atoms with Crippen molar-refractivity contribution < 1.29 is 97.0 Å². The second-order valence-corrected chi connectivity index (χ2v) is 22.9. The Balaban J connectivity index is 0.959. The first-order valence-corrected chi connectivity index (χ1v) is 30.1. The van der Waals surface area contributed by atoms with Crippen LogP contribution in [0, 0.1) is 11.8 Å². The zero-order chi connectivity index (χ0) is 65.6. The summed E-state index contributed by atoms with van der Waals surface area (Å²) in [5, 5.41) is 62.0. The topological polar surface area (TPSA) is 395 Å². The summed E-state index contributed by atoms with van der Waals surface area (Å²) in [6.45, 7) is 13.8. The zero-order valence-corrected chi connectivity index (χ0v) is 51.6. The molecule has 28 heteroatoms. The van der Waals surface area contributed by atoms with E-state index < -0.39 is 108 Å². The molecule has 5 heterocycles. The second kappa shape index (κ2) is 32.0. The summed E-state index contributed by atoms with van der Waals surface area (Å²) in [5.74, 6) is -5.99. The third kappa shape index (κ3) is 17.1. The molecule has 28 nitrogen and oxygen atoms in total.